The first-order valence-electron chi connectivity index (χ1n) is 15.0. The second-order valence-electron chi connectivity index (χ2n) is 11.5. The number of hydrogen-bond acceptors (Lipinski definition) is 4. The van der Waals surface area contributed by atoms with Gasteiger partial charge in [-0.25, -0.2) is 0 Å². The van der Waals surface area contributed by atoms with E-state index in [9.17, 15) is 0 Å². The molecular weight excluding hydrogens is 571 g/mol. The Morgan fingerprint density at radius 2 is 1.02 bits per heavy atom. The highest BCUT2D eigenvalue weighted by Gasteiger charge is 2.16. The summed E-state index contributed by atoms with van der Waals surface area (Å²) in [4.78, 5) is 8.77. The average molecular weight is 594 g/mol. The number of aromatic nitrogens is 3. The Bertz CT molecular complexity index is 2720. The van der Waals surface area contributed by atoms with Crippen molar-refractivity contribution in [3.63, 3.8) is 0 Å². The first kappa shape index (κ1) is 24.6. The fraction of sp³-hybridized carbons (Fsp3) is 0. The second-order valence-corrected chi connectivity index (χ2v) is 12.6. The maximum absolute atomic E-state index is 6.33. The summed E-state index contributed by atoms with van der Waals surface area (Å²) in [7, 11) is 0. The van der Waals surface area contributed by atoms with Crippen LogP contribution in [0.3, 0.4) is 0 Å². The van der Waals surface area contributed by atoms with Crippen LogP contribution in [0.2, 0.25) is 0 Å². The van der Waals surface area contributed by atoms with Crippen molar-refractivity contribution in [2.75, 3.05) is 0 Å². The van der Waals surface area contributed by atoms with Gasteiger partial charge in [0.1, 0.15) is 11.2 Å². The van der Waals surface area contributed by atoms with Gasteiger partial charge >= 0.3 is 0 Å². The molecule has 0 saturated carbocycles. The van der Waals surface area contributed by atoms with E-state index >= 15 is 0 Å². The molecule has 10 aromatic rings. The molecule has 0 atom stereocenters. The minimum absolute atomic E-state index is 0.878. The van der Waals surface area contributed by atoms with E-state index < -0.39 is 0 Å². The lowest BCUT2D eigenvalue weighted by Crippen LogP contribution is -1.93. The van der Waals surface area contributed by atoms with Crippen LogP contribution < -0.4 is 0 Å². The summed E-state index contributed by atoms with van der Waals surface area (Å²) < 4.78 is 11.2. The predicted octanol–water partition coefficient (Wildman–Crippen LogP) is 11.2. The number of nitrogens with zero attached hydrogens (tertiary/aromatic N) is 3. The van der Waals surface area contributed by atoms with Crippen molar-refractivity contribution in [2.24, 2.45) is 0 Å². The van der Waals surface area contributed by atoms with Gasteiger partial charge in [0.15, 0.2) is 0 Å². The second kappa shape index (κ2) is 9.36. The zero-order valence-electron chi connectivity index (χ0n) is 23.9. The number of rotatable bonds is 3. The van der Waals surface area contributed by atoms with Gasteiger partial charge in [-0.2, -0.15) is 0 Å². The summed E-state index contributed by atoms with van der Waals surface area (Å²) in [6.45, 7) is 0. The molecule has 0 unspecified atom stereocenters. The summed E-state index contributed by atoms with van der Waals surface area (Å²) >= 11 is 1.85. The third kappa shape index (κ3) is 3.71. The molecular formula is C40H23N3OS. The molecule has 0 radical (unpaired) electrons. The lowest BCUT2D eigenvalue weighted by atomic mass is 9.99. The van der Waals surface area contributed by atoms with Gasteiger partial charge in [0.05, 0.1) is 11.0 Å². The highest BCUT2D eigenvalue weighted by atomic mass is 32.1. The Hall–Kier alpha value is -5.78. The molecule has 0 spiro atoms. The maximum atomic E-state index is 6.33. The topological polar surface area (TPSA) is 43.9 Å². The highest BCUT2D eigenvalue weighted by Crippen LogP contribution is 2.40. The van der Waals surface area contributed by atoms with Crippen LogP contribution in [0.25, 0.3) is 91.9 Å². The zero-order chi connectivity index (χ0) is 29.5. The first-order valence-corrected chi connectivity index (χ1v) is 15.8. The van der Waals surface area contributed by atoms with E-state index in [2.05, 4.69) is 130 Å². The summed E-state index contributed by atoms with van der Waals surface area (Å²) in [5.74, 6) is 0. The molecule has 0 aliphatic rings. The van der Waals surface area contributed by atoms with Gasteiger partial charge in [0, 0.05) is 72.2 Å². The lowest BCUT2D eigenvalue weighted by molar-refractivity contribution is 0.669. The van der Waals surface area contributed by atoms with Crippen molar-refractivity contribution in [2.45, 2.75) is 0 Å². The predicted molar refractivity (Wildman–Crippen MR) is 187 cm³/mol. The number of thiophene rings is 1. The molecule has 0 amide bonds. The van der Waals surface area contributed by atoms with Crippen molar-refractivity contribution in [1.82, 2.24) is 14.5 Å². The molecule has 45 heavy (non-hydrogen) atoms. The van der Waals surface area contributed by atoms with Gasteiger partial charge in [-0.3, -0.25) is 9.97 Å². The van der Waals surface area contributed by atoms with Crippen molar-refractivity contribution in [3.05, 3.63) is 140 Å². The maximum Gasteiger partial charge on any atom is 0.135 e. The van der Waals surface area contributed by atoms with Gasteiger partial charge in [0.2, 0.25) is 0 Å². The van der Waals surface area contributed by atoms with Crippen molar-refractivity contribution >= 4 is 75.3 Å². The standard InChI is InChI=1S/C40H23N3OS/c1-2-4-24(5-3-1)25-7-12-39-31(19-25)32-20-27(8-13-40(32)45-39)26-6-10-37-29(18-26)30-21-28(9-11-38(30)44-37)43-35-14-16-41-22-33(35)34-23-42-17-15-36(34)43/h1-23H. The number of furan rings is 1. The van der Waals surface area contributed by atoms with Crippen molar-refractivity contribution < 1.29 is 4.42 Å². The number of pyridine rings is 2. The minimum atomic E-state index is 0.878. The van der Waals surface area contributed by atoms with E-state index in [1.807, 2.05) is 36.1 Å². The molecule has 0 aliphatic carbocycles. The molecule has 0 saturated heterocycles. The fourth-order valence-electron chi connectivity index (χ4n) is 6.84. The summed E-state index contributed by atoms with van der Waals surface area (Å²) in [6, 6.07) is 41.4. The Labute approximate surface area is 261 Å². The number of benzene rings is 5. The average Bonchev–Trinajstić information content (AvgIpc) is 3.77. The Morgan fingerprint density at radius 1 is 0.467 bits per heavy atom. The minimum Gasteiger partial charge on any atom is -0.456 e. The largest absolute Gasteiger partial charge is 0.456 e. The Morgan fingerprint density at radius 3 is 1.69 bits per heavy atom. The van der Waals surface area contributed by atoms with Gasteiger partial charge in [-0.1, -0.05) is 48.5 Å². The van der Waals surface area contributed by atoms with Crippen LogP contribution in [0.5, 0.6) is 0 Å². The van der Waals surface area contributed by atoms with E-state index in [0.717, 1.165) is 49.4 Å². The monoisotopic (exact) mass is 593 g/mol. The van der Waals surface area contributed by atoms with E-state index in [-0.39, 0.29) is 0 Å². The molecule has 5 heterocycles. The van der Waals surface area contributed by atoms with Crippen LogP contribution in [0.1, 0.15) is 0 Å². The summed E-state index contributed by atoms with van der Waals surface area (Å²) in [5.41, 5.74) is 9.89. The molecule has 0 bridgehead atoms. The van der Waals surface area contributed by atoms with Gasteiger partial charge in [-0.15, -0.1) is 11.3 Å². The molecule has 10 rings (SSSR count). The SMILES string of the molecule is c1ccc(-c2ccc3sc4ccc(-c5ccc6oc7ccc(-n8c9ccncc9c9cnccc98)cc7c6c5)cc4c3c2)cc1. The van der Waals surface area contributed by atoms with E-state index in [1.165, 1.54) is 42.4 Å². The van der Waals surface area contributed by atoms with E-state index in [0.29, 0.717) is 0 Å². The van der Waals surface area contributed by atoms with Crippen molar-refractivity contribution in [1.29, 1.82) is 0 Å². The van der Waals surface area contributed by atoms with Crippen LogP contribution in [0.4, 0.5) is 0 Å². The zero-order valence-corrected chi connectivity index (χ0v) is 24.8. The molecule has 0 fully saturated rings. The van der Waals surface area contributed by atoms with E-state index in [4.69, 9.17) is 4.42 Å². The number of hydrogen-bond donors (Lipinski definition) is 0. The fourth-order valence-corrected chi connectivity index (χ4v) is 7.91. The quantitative estimate of drug-likeness (QED) is 0.205. The molecule has 210 valence electrons. The molecule has 5 aromatic heterocycles. The van der Waals surface area contributed by atoms with Crippen LogP contribution in [-0.4, -0.2) is 14.5 Å². The van der Waals surface area contributed by atoms with Crippen LogP contribution in [0.15, 0.2) is 144 Å². The van der Waals surface area contributed by atoms with Gasteiger partial charge < -0.3 is 8.98 Å². The highest BCUT2D eigenvalue weighted by molar-refractivity contribution is 7.25. The van der Waals surface area contributed by atoms with Crippen LogP contribution >= 0.6 is 11.3 Å². The number of fused-ring (bicyclic) bond motifs is 9. The summed E-state index contributed by atoms with van der Waals surface area (Å²) in [5, 5.41) is 6.97. The molecule has 5 aromatic carbocycles. The van der Waals surface area contributed by atoms with Crippen LogP contribution in [0, 0.1) is 0 Å². The lowest BCUT2D eigenvalue weighted by Gasteiger charge is -2.08. The normalized spacial score (nSPS) is 12.0. The molecule has 5 heteroatoms. The Balaban J connectivity index is 1.14. The van der Waals surface area contributed by atoms with E-state index in [1.54, 1.807) is 0 Å². The van der Waals surface area contributed by atoms with Gasteiger partial charge in [0.25, 0.3) is 0 Å². The third-order valence-electron chi connectivity index (χ3n) is 8.99. The molecule has 4 nitrogen and oxygen atoms in total. The third-order valence-corrected chi connectivity index (χ3v) is 10.1. The van der Waals surface area contributed by atoms with Crippen molar-refractivity contribution in [3.8, 4) is 27.9 Å². The molecule has 0 aliphatic heterocycles. The van der Waals surface area contributed by atoms with Crippen LogP contribution in [-0.2, 0) is 0 Å². The Kier molecular flexibility index (Phi) is 5.12. The molecule has 0 N–H and O–H groups in total. The van der Waals surface area contributed by atoms with Gasteiger partial charge in [-0.05, 0) is 89.0 Å². The summed E-state index contributed by atoms with van der Waals surface area (Å²) in [6.07, 6.45) is 7.53. The smallest absolute Gasteiger partial charge is 0.135 e. The first-order chi connectivity index (χ1) is 22.3.